The Balaban J connectivity index is 1.86. The standard InChI is InChI=1S/C19H13N5OS/c1-10-21-9-17(26-10)18-13(7-14-16(25)4-5-20-19(14)23-18)11-2-3-15-12(6-11)8-22-24-15/h2-9H,1H3,(H,22,24)(H,20,23,25). The van der Waals surface area contributed by atoms with Gasteiger partial charge in [0.1, 0.15) is 5.65 Å². The van der Waals surface area contributed by atoms with Crippen LogP contribution in [0.4, 0.5) is 0 Å². The molecule has 0 atom stereocenters. The summed E-state index contributed by atoms with van der Waals surface area (Å²) in [5.41, 5.74) is 4.19. The number of benzene rings is 1. The van der Waals surface area contributed by atoms with Crippen LogP contribution in [-0.4, -0.2) is 25.1 Å². The second-order valence-corrected chi connectivity index (χ2v) is 7.27. The molecule has 7 heteroatoms. The molecule has 0 spiro atoms. The Morgan fingerprint density at radius 1 is 1.12 bits per heavy atom. The first-order valence-electron chi connectivity index (χ1n) is 8.08. The van der Waals surface area contributed by atoms with E-state index < -0.39 is 0 Å². The number of rotatable bonds is 2. The number of nitrogens with zero attached hydrogens (tertiary/aromatic N) is 3. The van der Waals surface area contributed by atoms with Gasteiger partial charge in [-0.3, -0.25) is 9.89 Å². The number of hydrogen-bond acceptors (Lipinski definition) is 5. The SMILES string of the molecule is Cc1ncc(-c2nc3[nH]ccc(=O)c3cc2-c2ccc3[nH]ncc3c2)s1. The molecule has 5 aromatic rings. The maximum absolute atomic E-state index is 12.3. The van der Waals surface area contributed by atoms with Crippen molar-refractivity contribution in [1.29, 1.82) is 0 Å². The van der Waals surface area contributed by atoms with E-state index in [0.29, 0.717) is 11.0 Å². The lowest BCUT2D eigenvalue weighted by atomic mass is 10.0. The Morgan fingerprint density at radius 3 is 2.88 bits per heavy atom. The Bertz CT molecular complexity index is 1330. The summed E-state index contributed by atoms with van der Waals surface area (Å²) in [4.78, 5) is 25.5. The van der Waals surface area contributed by atoms with Crippen LogP contribution in [0.1, 0.15) is 5.01 Å². The Morgan fingerprint density at radius 2 is 2.04 bits per heavy atom. The lowest BCUT2D eigenvalue weighted by molar-refractivity contribution is 1.12. The first kappa shape index (κ1) is 15.0. The highest BCUT2D eigenvalue weighted by Crippen LogP contribution is 2.35. The Kier molecular flexibility index (Phi) is 3.23. The van der Waals surface area contributed by atoms with E-state index in [9.17, 15) is 4.79 Å². The van der Waals surface area contributed by atoms with E-state index >= 15 is 0 Å². The molecule has 0 saturated carbocycles. The van der Waals surface area contributed by atoms with Crippen LogP contribution in [-0.2, 0) is 0 Å². The van der Waals surface area contributed by atoms with Crippen molar-refractivity contribution in [2.75, 3.05) is 0 Å². The number of aromatic nitrogens is 5. The molecule has 6 nitrogen and oxygen atoms in total. The van der Waals surface area contributed by atoms with Crippen LogP contribution < -0.4 is 5.43 Å². The average Bonchev–Trinajstić information content (AvgIpc) is 3.29. The summed E-state index contributed by atoms with van der Waals surface area (Å²) in [7, 11) is 0. The average molecular weight is 359 g/mol. The van der Waals surface area contributed by atoms with E-state index in [2.05, 4.69) is 26.2 Å². The Hall–Kier alpha value is -3.32. The highest BCUT2D eigenvalue weighted by Gasteiger charge is 2.15. The minimum atomic E-state index is -0.0519. The Labute approximate surface area is 151 Å². The molecule has 0 aliphatic heterocycles. The van der Waals surface area contributed by atoms with Crippen molar-refractivity contribution in [3.05, 3.63) is 64.2 Å². The summed E-state index contributed by atoms with van der Waals surface area (Å²) >= 11 is 1.58. The fourth-order valence-corrected chi connectivity index (χ4v) is 3.87. The number of fused-ring (bicyclic) bond motifs is 2. The van der Waals surface area contributed by atoms with Crippen LogP contribution in [0.2, 0.25) is 0 Å². The largest absolute Gasteiger partial charge is 0.346 e. The lowest BCUT2D eigenvalue weighted by Gasteiger charge is -2.09. The van der Waals surface area contributed by atoms with E-state index in [4.69, 9.17) is 4.98 Å². The molecule has 0 aliphatic carbocycles. The van der Waals surface area contributed by atoms with Crippen LogP contribution >= 0.6 is 11.3 Å². The summed E-state index contributed by atoms with van der Waals surface area (Å²) in [5.74, 6) is 0. The van der Waals surface area contributed by atoms with E-state index in [-0.39, 0.29) is 5.43 Å². The van der Waals surface area contributed by atoms with Crippen molar-refractivity contribution < 1.29 is 0 Å². The molecule has 0 bridgehead atoms. The van der Waals surface area contributed by atoms with Gasteiger partial charge in [-0.2, -0.15) is 5.10 Å². The van der Waals surface area contributed by atoms with Crippen molar-refractivity contribution in [1.82, 2.24) is 25.1 Å². The zero-order chi connectivity index (χ0) is 17.7. The van der Waals surface area contributed by atoms with Gasteiger partial charge >= 0.3 is 0 Å². The predicted molar refractivity (Wildman–Crippen MR) is 103 cm³/mol. The lowest BCUT2D eigenvalue weighted by Crippen LogP contribution is -2.03. The van der Waals surface area contributed by atoms with Crippen molar-refractivity contribution in [2.24, 2.45) is 0 Å². The van der Waals surface area contributed by atoms with Gasteiger partial charge in [0.2, 0.25) is 0 Å². The molecule has 4 heterocycles. The summed E-state index contributed by atoms with van der Waals surface area (Å²) in [6.07, 6.45) is 5.24. The van der Waals surface area contributed by atoms with Crippen LogP contribution in [0.25, 0.3) is 43.6 Å². The zero-order valence-electron chi connectivity index (χ0n) is 13.8. The van der Waals surface area contributed by atoms with Crippen LogP contribution in [0, 0.1) is 6.92 Å². The molecule has 0 amide bonds. The fraction of sp³-hybridized carbons (Fsp3) is 0.0526. The molecule has 1 aromatic carbocycles. The predicted octanol–water partition coefficient (Wildman–Crippen LogP) is 3.90. The van der Waals surface area contributed by atoms with Crippen LogP contribution in [0.3, 0.4) is 0 Å². The van der Waals surface area contributed by atoms with Crippen molar-refractivity contribution >= 4 is 33.3 Å². The topological polar surface area (TPSA) is 87.3 Å². The van der Waals surface area contributed by atoms with E-state index in [0.717, 1.165) is 37.6 Å². The maximum Gasteiger partial charge on any atom is 0.191 e. The molecule has 0 radical (unpaired) electrons. The summed E-state index contributed by atoms with van der Waals surface area (Å²) < 4.78 is 0. The van der Waals surface area contributed by atoms with Gasteiger partial charge in [0.25, 0.3) is 0 Å². The van der Waals surface area contributed by atoms with E-state index in [1.54, 1.807) is 23.7 Å². The normalized spacial score (nSPS) is 11.4. The number of aryl methyl sites for hydroxylation is 1. The minimum Gasteiger partial charge on any atom is -0.346 e. The molecule has 0 aliphatic rings. The van der Waals surface area contributed by atoms with Crippen molar-refractivity contribution in [3.8, 4) is 21.7 Å². The summed E-state index contributed by atoms with van der Waals surface area (Å²) in [6.45, 7) is 1.97. The highest BCUT2D eigenvalue weighted by molar-refractivity contribution is 7.15. The number of pyridine rings is 2. The number of H-pyrrole nitrogens is 2. The van der Waals surface area contributed by atoms with Gasteiger partial charge in [0.15, 0.2) is 5.43 Å². The minimum absolute atomic E-state index is 0.0519. The van der Waals surface area contributed by atoms with Gasteiger partial charge in [-0.05, 0) is 30.7 Å². The number of thiazole rings is 1. The fourth-order valence-electron chi connectivity index (χ4n) is 3.09. The molecule has 0 unspecified atom stereocenters. The molecule has 2 N–H and O–H groups in total. The molecule has 26 heavy (non-hydrogen) atoms. The van der Waals surface area contributed by atoms with Crippen LogP contribution in [0.5, 0.6) is 0 Å². The van der Waals surface area contributed by atoms with Gasteiger partial charge in [-0.25, -0.2) is 9.97 Å². The maximum atomic E-state index is 12.3. The van der Waals surface area contributed by atoms with Crippen molar-refractivity contribution in [3.63, 3.8) is 0 Å². The van der Waals surface area contributed by atoms with Gasteiger partial charge in [0, 0.05) is 29.4 Å². The third-order valence-corrected chi connectivity index (χ3v) is 5.27. The first-order valence-corrected chi connectivity index (χ1v) is 8.89. The number of aromatic amines is 2. The van der Waals surface area contributed by atoms with Crippen LogP contribution in [0.15, 0.2) is 53.7 Å². The molecular formula is C19H13N5OS. The summed E-state index contributed by atoms with van der Waals surface area (Å²) in [6, 6.07) is 9.48. The van der Waals surface area contributed by atoms with E-state index in [1.165, 1.54) is 6.07 Å². The number of hydrogen-bond donors (Lipinski definition) is 2. The molecule has 0 saturated heterocycles. The van der Waals surface area contributed by atoms with E-state index in [1.807, 2.05) is 31.3 Å². The van der Waals surface area contributed by atoms with Gasteiger partial charge in [-0.1, -0.05) is 6.07 Å². The van der Waals surface area contributed by atoms with Gasteiger partial charge < -0.3 is 4.98 Å². The summed E-state index contributed by atoms with van der Waals surface area (Å²) in [5, 5.41) is 9.59. The van der Waals surface area contributed by atoms with Gasteiger partial charge in [-0.15, -0.1) is 11.3 Å². The third kappa shape index (κ3) is 2.33. The quantitative estimate of drug-likeness (QED) is 0.500. The van der Waals surface area contributed by atoms with Gasteiger partial charge in [0.05, 0.1) is 32.7 Å². The molecular weight excluding hydrogens is 346 g/mol. The molecule has 0 fully saturated rings. The highest BCUT2D eigenvalue weighted by atomic mass is 32.1. The molecule has 5 rings (SSSR count). The molecule has 4 aromatic heterocycles. The smallest absolute Gasteiger partial charge is 0.191 e. The third-order valence-electron chi connectivity index (χ3n) is 4.35. The second kappa shape index (κ2) is 5.60. The zero-order valence-corrected chi connectivity index (χ0v) is 14.6. The van der Waals surface area contributed by atoms with Crippen molar-refractivity contribution in [2.45, 2.75) is 6.92 Å². The first-order chi connectivity index (χ1) is 12.7. The molecule has 126 valence electrons. The number of nitrogens with one attached hydrogen (secondary N) is 2. The second-order valence-electron chi connectivity index (χ2n) is 6.04. The monoisotopic (exact) mass is 359 g/mol.